The normalized spacial score (nSPS) is 13.4. The van der Waals surface area contributed by atoms with Crippen LogP contribution in [0.3, 0.4) is 0 Å². The minimum absolute atomic E-state index is 0.280. The van der Waals surface area contributed by atoms with Crippen molar-refractivity contribution in [2.75, 3.05) is 33.2 Å². The van der Waals surface area contributed by atoms with Crippen molar-refractivity contribution in [3.63, 3.8) is 0 Å². The molecule has 8 heteroatoms. The van der Waals surface area contributed by atoms with Gasteiger partial charge in [-0.15, -0.1) is 11.3 Å². The monoisotopic (exact) mass is 439 g/mol. The summed E-state index contributed by atoms with van der Waals surface area (Å²) in [6, 6.07) is 11.5. The molecular weight excluding hydrogens is 414 g/mol. The van der Waals surface area contributed by atoms with Crippen LogP contribution in [0.4, 0.5) is 5.13 Å². The van der Waals surface area contributed by atoms with E-state index in [2.05, 4.69) is 27.3 Å². The number of para-hydroxylation sites is 1. The van der Waals surface area contributed by atoms with Crippen molar-refractivity contribution >= 4 is 22.4 Å². The van der Waals surface area contributed by atoms with Crippen molar-refractivity contribution in [2.24, 2.45) is 0 Å². The number of thiazole rings is 1. The number of hydrogen-bond acceptors (Lipinski definition) is 7. The second kappa shape index (κ2) is 9.36. The van der Waals surface area contributed by atoms with Crippen LogP contribution in [-0.4, -0.2) is 43.7 Å². The molecule has 0 atom stereocenters. The number of carbonyl (C=O) groups excluding carboxylic acids is 1. The van der Waals surface area contributed by atoms with Crippen LogP contribution >= 0.6 is 11.3 Å². The molecule has 7 nitrogen and oxygen atoms in total. The van der Waals surface area contributed by atoms with Crippen LogP contribution in [-0.2, 0) is 19.5 Å². The summed E-state index contributed by atoms with van der Waals surface area (Å²) in [4.78, 5) is 19.7. The number of amides is 1. The van der Waals surface area contributed by atoms with Gasteiger partial charge in [0.2, 0.25) is 0 Å². The maximum absolute atomic E-state index is 12.8. The van der Waals surface area contributed by atoms with Crippen molar-refractivity contribution in [1.82, 2.24) is 9.88 Å². The first-order valence-electron chi connectivity index (χ1n) is 9.96. The largest absolute Gasteiger partial charge is 0.497 e. The topological polar surface area (TPSA) is 72.9 Å². The van der Waals surface area contributed by atoms with Gasteiger partial charge in [0.05, 0.1) is 32.6 Å². The third-order valence-electron chi connectivity index (χ3n) is 5.31. The van der Waals surface area contributed by atoms with E-state index in [1.165, 1.54) is 29.6 Å². The van der Waals surface area contributed by atoms with Crippen molar-refractivity contribution < 1.29 is 19.0 Å². The quantitative estimate of drug-likeness (QED) is 0.600. The van der Waals surface area contributed by atoms with Gasteiger partial charge in [-0.05, 0) is 41.8 Å². The average Bonchev–Trinajstić information content (AvgIpc) is 3.24. The highest BCUT2D eigenvalue weighted by molar-refractivity contribution is 7.14. The van der Waals surface area contributed by atoms with Crippen LogP contribution in [0.5, 0.6) is 17.2 Å². The molecule has 1 amide bonds. The molecule has 1 N–H and O–H groups in total. The van der Waals surface area contributed by atoms with E-state index in [9.17, 15) is 4.79 Å². The Morgan fingerprint density at radius 1 is 1.13 bits per heavy atom. The lowest BCUT2D eigenvalue weighted by molar-refractivity contribution is 0.102. The second-order valence-corrected chi connectivity index (χ2v) is 8.09. The standard InChI is InChI=1S/C23H25N3O4S/c1-28-18-8-7-16-12-26(10-9-15(16)11-18)13-17-14-31-23(24-17)25-22(27)19-5-4-6-20(29-2)21(19)30-3/h4-8,11,14H,9-10,12-13H2,1-3H3,(H,24,25,27). The molecule has 1 aliphatic rings. The first-order chi connectivity index (χ1) is 15.1. The third kappa shape index (κ3) is 4.65. The number of carbonyl (C=O) groups is 1. The maximum Gasteiger partial charge on any atom is 0.261 e. The fourth-order valence-corrected chi connectivity index (χ4v) is 4.44. The summed E-state index contributed by atoms with van der Waals surface area (Å²) in [6.07, 6.45) is 0.982. The van der Waals surface area contributed by atoms with E-state index in [4.69, 9.17) is 14.2 Å². The zero-order valence-corrected chi connectivity index (χ0v) is 18.6. The van der Waals surface area contributed by atoms with E-state index in [0.29, 0.717) is 22.2 Å². The number of fused-ring (bicyclic) bond motifs is 1. The predicted octanol–water partition coefficient (Wildman–Crippen LogP) is 3.98. The molecule has 31 heavy (non-hydrogen) atoms. The number of methoxy groups -OCH3 is 3. The Morgan fingerprint density at radius 2 is 2.00 bits per heavy atom. The molecule has 3 aromatic rings. The summed E-state index contributed by atoms with van der Waals surface area (Å²) >= 11 is 1.42. The predicted molar refractivity (Wildman–Crippen MR) is 120 cm³/mol. The summed E-state index contributed by atoms with van der Waals surface area (Å²) < 4.78 is 16.0. The van der Waals surface area contributed by atoms with E-state index < -0.39 is 0 Å². The van der Waals surface area contributed by atoms with Crippen LogP contribution in [0, 0.1) is 0 Å². The van der Waals surface area contributed by atoms with Gasteiger partial charge in [-0.1, -0.05) is 12.1 Å². The van der Waals surface area contributed by atoms with Gasteiger partial charge in [0, 0.05) is 25.0 Å². The molecule has 162 valence electrons. The molecule has 2 heterocycles. The fourth-order valence-electron chi connectivity index (χ4n) is 3.75. The minimum Gasteiger partial charge on any atom is -0.497 e. The van der Waals surface area contributed by atoms with Gasteiger partial charge in [0.25, 0.3) is 5.91 Å². The number of rotatable bonds is 7. The summed E-state index contributed by atoms with van der Waals surface area (Å²) in [7, 11) is 4.75. The molecule has 0 bridgehead atoms. The van der Waals surface area contributed by atoms with Gasteiger partial charge in [0.15, 0.2) is 16.6 Å². The minimum atomic E-state index is -0.280. The molecule has 0 saturated heterocycles. The van der Waals surface area contributed by atoms with Crippen LogP contribution in [0.25, 0.3) is 0 Å². The molecule has 0 unspecified atom stereocenters. The number of ether oxygens (including phenoxy) is 3. The first kappa shape index (κ1) is 21.1. The summed E-state index contributed by atoms with van der Waals surface area (Å²) in [6.45, 7) is 2.57. The van der Waals surface area contributed by atoms with Gasteiger partial charge in [-0.2, -0.15) is 0 Å². The lowest BCUT2D eigenvalue weighted by Gasteiger charge is -2.28. The number of hydrogen-bond donors (Lipinski definition) is 1. The van der Waals surface area contributed by atoms with Gasteiger partial charge in [0.1, 0.15) is 5.75 Å². The number of nitrogens with one attached hydrogen (secondary N) is 1. The maximum atomic E-state index is 12.8. The molecule has 0 aliphatic carbocycles. The SMILES string of the molecule is COc1ccc2c(c1)CCN(Cc1csc(NC(=O)c3cccc(OC)c3OC)n1)C2. The Balaban J connectivity index is 1.40. The van der Waals surface area contributed by atoms with E-state index in [1.54, 1.807) is 32.4 Å². The van der Waals surface area contributed by atoms with Gasteiger partial charge in [-0.3, -0.25) is 15.0 Å². The molecular formula is C23H25N3O4S. The molecule has 2 aromatic carbocycles. The lowest BCUT2D eigenvalue weighted by atomic mass is 9.99. The first-order valence-corrected chi connectivity index (χ1v) is 10.8. The van der Waals surface area contributed by atoms with Crippen LogP contribution in [0.1, 0.15) is 27.2 Å². The Kier molecular flexibility index (Phi) is 6.39. The van der Waals surface area contributed by atoms with Crippen molar-refractivity contribution in [2.45, 2.75) is 19.5 Å². The highest BCUT2D eigenvalue weighted by Gasteiger charge is 2.20. The Morgan fingerprint density at radius 3 is 2.77 bits per heavy atom. The Bertz CT molecular complexity index is 1080. The summed E-state index contributed by atoms with van der Waals surface area (Å²) in [5, 5.41) is 5.42. The highest BCUT2D eigenvalue weighted by Crippen LogP contribution is 2.31. The molecule has 0 fully saturated rings. The van der Waals surface area contributed by atoms with Crippen molar-refractivity contribution in [3.05, 3.63) is 64.2 Å². The third-order valence-corrected chi connectivity index (χ3v) is 6.12. The van der Waals surface area contributed by atoms with E-state index in [0.717, 1.165) is 37.5 Å². The molecule has 1 aromatic heterocycles. The molecule has 0 saturated carbocycles. The number of nitrogens with zero attached hydrogens (tertiary/aromatic N) is 2. The summed E-state index contributed by atoms with van der Waals surface area (Å²) in [5.74, 6) is 1.54. The van der Waals surface area contributed by atoms with E-state index >= 15 is 0 Å². The van der Waals surface area contributed by atoms with Crippen LogP contribution in [0.15, 0.2) is 41.8 Å². The zero-order chi connectivity index (χ0) is 21.8. The smallest absolute Gasteiger partial charge is 0.261 e. The second-order valence-electron chi connectivity index (χ2n) is 7.23. The number of anilines is 1. The Hall–Kier alpha value is -3.10. The molecule has 0 radical (unpaired) electrons. The number of aromatic nitrogens is 1. The van der Waals surface area contributed by atoms with Gasteiger partial charge < -0.3 is 14.2 Å². The molecule has 4 rings (SSSR count). The zero-order valence-electron chi connectivity index (χ0n) is 17.8. The molecule has 1 aliphatic heterocycles. The van der Waals surface area contributed by atoms with Crippen molar-refractivity contribution in [3.8, 4) is 17.2 Å². The molecule has 0 spiro atoms. The average molecular weight is 440 g/mol. The van der Waals surface area contributed by atoms with Gasteiger partial charge in [-0.25, -0.2) is 4.98 Å². The number of benzene rings is 2. The Labute approximate surface area is 185 Å². The van der Waals surface area contributed by atoms with E-state index in [1.807, 2.05) is 11.4 Å². The highest BCUT2D eigenvalue weighted by atomic mass is 32.1. The van der Waals surface area contributed by atoms with E-state index in [-0.39, 0.29) is 5.91 Å². The van der Waals surface area contributed by atoms with Crippen LogP contribution in [0.2, 0.25) is 0 Å². The lowest BCUT2D eigenvalue weighted by Crippen LogP contribution is -2.30. The van der Waals surface area contributed by atoms with Crippen LogP contribution < -0.4 is 19.5 Å². The fraction of sp³-hybridized carbons (Fsp3) is 0.304. The summed E-state index contributed by atoms with van der Waals surface area (Å²) in [5.41, 5.74) is 4.01. The van der Waals surface area contributed by atoms with Crippen molar-refractivity contribution in [1.29, 1.82) is 0 Å². The van der Waals surface area contributed by atoms with Gasteiger partial charge >= 0.3 is 0 Å².